The number of carbonyl (C=O) groups is 1. The first kappa shape index (κ1) is 18.8. The quantitative estimate of drug-likeness (QED) is 0.723. The van der Waals surface area contributed by atoms with Crippen LogP contribution in [0, 0.1) is 0 Å². The smallest absolute Gasteiger partial charge is 0.250 e. The lowest BCUT2D eigenvalue weighted by molar-refractivity contribution is -0.120. The van der Waals surface area contributed by atoms with Gasteiger partial charge in [-0.3, -0.25) is 4.79 Å². The van der Waals surface area contributed by atoms with Gasteiger partial charge in [0.2, 0.25) is 5.91 Å². The number of nitrogens with one attached hydrogen (secondary N) is 2. The Bertz CT molecular complexity index is 825. The molecule has 2 aromatic rings. The fourth-order valence-electron chi connectivity index (χ4n) is 3.15. The fraction of sp³-hybridized carbons (Fsp3) is 0.438. The summed E-state index contributed by atoms with van der Waals surface area (Å²) in [6, 6.07) is 7.09. The van der Waals surface area contributed by atoms with Crippen LogP contribution in [0.2, 0.25) is 4.34 Å². The largest absolute Gasteiger partial charge is 0.354 e. The number of carbonyl (C=O) groups excluding carboxylic acids is 1. The number of sulfonamides is 1. The number of thiophene rings is 2. The van der Waals surface area contributed by atoms with Gasteiger partial charge >= 0.3 is 0 Å². The minimum Gasteiger partial charge on any atom is -0.354 e. The maximum absolute atomic E-state index is 12.1. The Hall–Kier alpha value is -0.930. The molecule has 2 aromatic heterocycles. The molecule has 1 fully saturated rings. The molecule has 0 aromatic carbocycles. The number of amides is 1. The summed E-state index contributed by atoms with van der Waals surface area (Å²) in [4.78, 5) is 13.4. The molecule has 0 unspecified atom stereocenters. The average Bonchev–Trinajstić information content (AvgIpc) is 3.31. The van der Waals surface area contributed by atoms with Crippen molar-refractivity contribution in [2.24, 2.45) is 0 Å². The standard InChI is InChI=1S/C16H19ClN2O3S3/c17-13-5-6-15(24-13)25(21,22)19-10-14(20)18-11-16(7-1-2-8-16)12-4-3-9-23-12/h3-6,9,19H,1-2,7-8,10-11H2,(H,18,20). The zero-order chi connectivity index (χ0) is 17.9. The summed E-state index contributed by atoms with van der Waals surface area (Å²) < 4.78 is 27.1. The van der Waals surface area contributed by atoms with Crippen molar-refractivity contribution in [2.75, 3.05) is 13.1 Å². The molecule has 1 aliphatic rings. The maximum Gasteiger partial charge on any atom is 0.250 e. The van der Waals surface area contributed by atoms with Gasteiger partial charge in [0.15, 0.2) is 0 Å². The molecule has 9 heteroatoms. The van der Waals surface area contributed by atoms with Crippen molar-refractivity contribution in [3.63, 3.8) is 0 Å². The third kappa shape index (κ3) is 4.43. The van der Waals surface area contributed by atoms with Crippen LogP contribution in [0.25, 0.3) is 0 Å². The summed E-state index contributed by atoms with van der Waals surface area (Å²) in [5.41, 5.74) is -0.00994. The molecule has 0 saturated heterocycles. The van der Waals surface area contributed by atoms with E-state index in [0.717, 1.165) is 37.0 Å². The van der Waals surface area contributed by atoms with Crippen LogP contribution in [0.1, 0.15) is 30.6 Å². The predicted octanol–water partition coefficient (Wildman–Crippen LogP) is 3.37. The second kappa shape index (κ2) is 7.75. The lowest BCUT2D eigenvalue weighted by Crippen LogP contribution is -2.43. The van der Waals surface area contributed by atoms with E-state index in [9.17, 15) is 13.2 Å². The second-order valence-corrected chi connectivity index (χ2v) is 10.8. The summed E-state index contributed by atoms with van der Waals surface area (Å²) in [6.07, 6.45) is 4.40. The predicted molar refractivity (Wildman–Crippen MR) is 102 cm³/mol. The zero-order valence-corrected chi connectivity index (χ0v) is 16.7. The zero-order valence-electron chi connectivity index (χ0n) is 13.5. The first-order chi connectivity index (χ1) is 11.9. The molecule has 1 amide bonds. The summed E-state index contributed by atoms with van der Waals surface area (Å²) in [6.45, 7) is 0.261. The van der Waals surface area contributed by atoms with Crippen molar-refractivity contribution in [1.82, 2.24) is 10.0 Å². The van der Waals surface area contributed by atoms with Crippen molar-refractivity contribution >= 4 is 50.2 Å². The van der Waals surface area contributed by atoms with Crippen molar-refractivity contribution < 1.29 is 13.2 Å². The third-order valence-electron chi connectivity index (χ3n) is 4.46. The van der Waals surface area contributed by atoms with Crippen LogP contribution < -0.4 is 10.0 Å². The van der Waals surface area contributed by atoms with E-state index in [1.54, 1.807) is 11.3 Å². The van der Waals surface area contributed by atoms with E-state index in [2.05, 4.69) is 21.5 Å². The van der Waals surface area contributed by atoms with E-state index in [0.29, 0.717) is 10.9 Å². The molecule has 2 N–H and O–H groups in total. The molecule has 0 atom stereocenters. The van der Waals surface area contributed by atoms with Gasteiger partial charge in [0, 0.05) is 16.8 Å². The molecule has 0 aliphatic heterocycles. The fourth-order valence-corrected chi connectivity index (χ4v) is 6.64. The topological polar surface area (TPSA) is 75.3 Å². The SMILES string of the molecule is O=C(CNS(=O)(=O)c1ccc(Cl)s1)NCC1(c2cccs2)CCCC1. The van der Waals surface area contributed by atoms with Crippen LogP contribution in [-0.4, -0.2) is 27.4 Å². The Morgan fingerprint density at radius 2 is 2.00 bits per heavy atom. The minimum absolute atomic E-state index is 0.00994. The van der Waals surface area contributed by atoms with E-state index >= 15 is 0 Å². The third-order valence-corrected chi connectivity index (χ3v) is 8.71. The number of rotatable bonds is 7. The van der Waals surface area contributed by atoms with E-state index in [4.69, 9.17) is 11.6 Å². The highest BCUT2D eigenvalue weighted by atomic mass is 35.5. The van der Waals surface area contributed by atoms with Crippen molar-refractivity contribution in [3.8, 4) is 0 Å². The lowest BCUT2D eigenvalue weighted by Gasteiger charge is -2.28. The van der Waals surface area contributed by atoms with Gasteiger partial charge in [0.25, 0.3) is 10.0 Å². The summed E-state index contributed by atoms with van der Waals surface area (Å²) >= 11 is 8.44. The first-order valence-corrected chi connectivity index (χ1v) is 11.5. The Kier molecular flexibility index (Phi) is 5.85. The van der Waals surface area contributed by atoms with Crippen LogP contribution in [0.3, 0.4) is 0 Å². The second-order valence-electron chi connectivity index (χ2n) is 6.12. The maximum atomic E-state index is 12.1. The van der Waals surface area contributed by atoms with E-state index in [-0.39, 0.29) is 22.1 Å². The van der Waals surface area contributed by atoms with Crippen LogP contribution in [0.4, 0.5) is 0 Å². The molecule has 0 radical (unpaired) electrons. The molecule has 136 valence electrons. The lowest BCUT2D eigenvalue weighted by atomic mass is 9.84. The molecule has 3 rings (SSSR count). The van der Waals surface area contributed by atoms with Gasteiger partial charge in [0.1, 0.15) is 4.21 Å². The monoisotopic (exact) mass is 418 g/mol. The molecule has 0 bridgehead atoms. The van der Waals surface area contributed by atoms with Gasteiger partial charge in [0.05, 0.1) is 10.9 Å². The molecule has 1 aliphatic carbocycles. The molecule has 25 heavy (non-hydrogen) atoms. The number of halogens is 1. The molecule has 2 heterocycles. The summed E-state index contributed by atoms with van der Waals surface area (Å²) in [5.74, 6) is -0.325. The number of hydrogen-bond donors (Lipinski definition) is 2. The highest BCUT2D eigenvalue weighted by Gasteiger charge is 2.36. The summed E-state index contributed by atoms with van der Waals surface area (Å²) in [7, 11) is -3.70. The van der Waals surface area contributed by atoms with Crippen LogP contribution in [0.5, 0.6) is 0 Å². The van der Waals surface area contributed by atoms with Gasteiger partial charge < -0.3 is 5.32 Å². The van der Waals surface area contributed by atoms with Gasteiger partial charge in [-0.25, -0.2) is 13.1 Å². The van der Waals surface area contributed by atoms with Gasteiger partial charge in [-0.2, -0.15) is 0 Å². The van der Waals surface area contributed by atoms with Crippen molar-refractivity contribution in [1.29, 1.82) is 0 Å². The van der Waals surface area contributed by atoms with Gasteiger partial charge in [-0.1, -0.05) is 30.5 Å². The van der Waals surface area contributed by atoms with Crippen LogP contribution in [0.15, 0.2) is 33.9 Å². The molecule has 5 nitrogen and oxygen atoms in total. The minimum atomic E-state index is -3.70. The van der Waals surface area contributed by atoms with Crippen LogP contribution in [-0.2, 0) is 20.2 Å². The number of hydrogen-bond acceptors (Lipinski definition) is 5. The van der Waals surface area contributed by atoms with Gasteiger partial charge in [-0.15, -0.1) is 22.7 Å². The average molecular weight is 419 g/mol. The highest BCUT2D eigenvalue weighted by molar-refractivity contribution is 7.91. The van der Waals surface area contributed by atoms with Crippen molar-refractivity contribution in [3.05, 3.63) is 38.9 Å². The Morgan fingerprint density at radius 1 is 1.24 bits per heavy atom. The molecular formula is C16H19ClN2O3S3. The first-order valence-electron chi connectivity index (χ1n) is 7.97. The Balaban J connectivity index is 1.56. The van der Waals surface area contributed by atoms with E-state index in [1.165, 1.54) is 17.0 Å². The van der Waals surface area contributed by atoms with Crippen molar-refractivity contribution in [2.45, 2.75) is 35.3 Å². The summed E-state index contributed by atoms with van der Waals surface area (Å²) in [5, 5.41) is 4.95. The molecule has 1 saturated carbocycles. The Labute approximate surface area is 160 Å². The normalized spacial score (nSPS) is 16.8. The Morgan fingerprint density at radius 3 is 2.60 bits per heavy atom. The molecule has 0 spiro atoms. The van der Waals surface area contributed by atoms with Gasteiger partial charge in [-0.05, 0) is 36.4 Å². The van der Waals surface area contributed by atoms with E-state index < -0.39 is 10.0 Å². The highest BCUT2D eigenvalue weighted by Crippen LogP contribution is 2.42. The van der Waals surface area contributed by atoms with Crippen LogP contribution >= 0.6 is 34.3 Å². The van der Waals surface area contributed by atoms with E-state index in [1.807, 2.05) is 6.07 Å². The molecular weight excluding hydrogens is 400 g/mol.